The number of nitrogens with one attached hydrogen (secondary N) is 1. The molecule has 0 radical (unpaired) electrons. The number of carbonyl (C=O) groups is 2. The molecule has 2 aromatic carbocycles. The molecule has 0 aliphatic carbocycles. The van der Waals surface area contributed by atoms with Crippen LogP contribution in [0.1, 0.15) is 26.3 Å². The van der Waals surface area contributed by atoms with Gasteiger partial charge in [0.25, 0.3) is 23.1 Å². The van der Waals surface area contributed by atoms with Gasteiger partial charge in [-0.3, -0.25) is 18.9 Å². The molecule has 1 heterocycles. The Labute approximate surface area is 164 Å². The summed E-state index contributed by atoms with van der Waals surface area (Å²) in [4.78, 5) is 28.5. The molecule has 28 heavy (non-hydrogen) atoms. The van der Waals surface area contributed by atoms with Crippen LogP contribution in [0.5, 0.6) is 0 Å². The number of hydrogen-bond donors (Lipinski definition) is 2. The van der Waals surface area contributed by atoms with Crippen molar-refractivity contribution >= 4 is 28.8 Å². The molecular formula is C19H20FN3O4S. The molecule has 0 bridgehead atoms. The van der Waals surface area contributed by atoms with Crippen LogP contribution in [-0.2, 0) is 11.3 Å². The largest absolute Gasteiger partial charge is 0.335 e. The number of halogens is 1. The summed E-state index contributed by atoms with van der Waals surface area (Å²) in [5.74, 6) is -0.868. The van der Waals surface area contributed by atoms with E-state index in [-0.39, 0.29) is 11.8 Å². The Morgan fingerprint density at radius 1 is 0.964 bits per heavy atom. The van der Waals surface area contributed by atoms with Gasteiger partial charge in [0, 0.05) is 43.0 Å². The third-order valence-electron chi connectivity index (χ3n) is 4.48. The van der Waals surface area contributed by atoms with Crippen LogP contribution in [0.25, 0.3) is 0 Å². The average molecular weight is 405 g/mol. The lowest BCUT2D eigenvalue weighted by Crippen LogP contribution is -2.50. The Morgan fingerprint density at radius 2 is 1.50 bits per heavy atom. The van der Waals surface area contributed by atoms with E-state index in [1.807, 2.05) is 0 Å². The molecule has 0 aromatic heterocycles. The highest BCUT2D eigenvalue weighted by atomic mass is 32.2. The van der Waals surface area contributed by atoms with Gasteiger partial charge in [-0.15, -0.1) is 0 Å². The Hall–Kier alpha value is -2.78. The number of anilines is 1. The zero-order valence-corrected chi connectivity index (χ0v) is 16.0. The summed E-state index contributed by atoms with van der Waals surface area (Å²) in [6, 6.07) is 10.5. The fraction of sp³-hybridized carbons (Fsp3) is 0.263. The standard InChI is InChI=1S/C19H20FN3O4S/c1-13-10-15(12-16(20)11-13)19(25)23-8-6-22(7-9-23)18(24)14-2-4-17(5-3-14)21-28(26)27/h2-5,10-12,21H,6-9H2,1H3,(H,26,27). The van der Waals surface area contributed by atoms with Crippen molar-refractivity contribution in [1.29, 1.82) is 0 Å². The maximum absolute atomic E-state index is 13.6. The van der Waals surface area contributed by atoms with Gasteiger partial charge in [-0.25, -0.2) is 8.60 Å². The quantitative estimate of drug-likeness (QED) is 0.764. The number of benzene rings is 2. The molecule has 1 aliphatic heterocycles. The van der Waals surface area contributed by atoms with E-state index >= 15 is 0 Å². The molecule has 148 valence electrons. The third-order valence-corrected chi connectivity index (χ3v) is 4.89. The molecule has 0 saturated carbocycles. The first-order chi connectivity index (χ1) is 13.3. The van der Waals surface area contributed by atoms with Crippen molar-refractivity contribution in [3.05, 3.63) is 65.0 Å². The van der Waals surface area contributed by atoms with Crippen molar-refractivity contribution in [3.8, 4) is 0 Å². The number of piperazine rings is 1. The van der Waals surface area contributed by atoms with Crippen molar-refractivity contribution in [1.82, 2.24) is 9.80 Å². The molecule has 1 saturated heterocycles. The average Bonchev–Trinajstić information content (AvgIpc) is 2.66. The Balaban J connectivity index is 1.60. The van der Waals surface area contributed by atoms with Gasteiger partial charge in [-0.1, -0.05) is 0 Å². The van der Waals surface area contributed by atoms with Crippen molar-refractivity contribution in [2.24, 2.45) is 0 Å². The second-order valence-electron chi connectivity index (χ2n) is 6.53. The van der Waals surface area contributed by atoms with Crippen LogP contribution in [0.3, 0.4) is 0 Å². The molecule has 1 atom stereocenters. The molecular weight excluding hydrogens is 385 g/mol. The number of amides is 2. The van der Waals surface area contributed by atoms with E-state index in [2.05, 4.69) is 4.72 Å². The van der Waals surface area contributed by atoms with Crippen LogP contribution in [0, 0.1) is 12.7 Å². The van der Waals surface area contributed by atoms with Gasteiger partial charge in [-0.2, -0.15) is 0 Å². The first-order valence-electron chi connectivity index (χ1n) is 8.67. The number of hydrogen-bond acceptors (Lipinski definition) is 3. The highest BCUT2D eigenvalue weighted by molar-refractivity contribution is 7.80. The van der Waals surface area contributed by atoms with Crippen molar-refractivity contribution in [3.63, 3.8) is 0 Å². The lowest BCUT2D eigenvalue weighted by Gasteiger charge is -2.35. The van der Waals surface area contributed by atoms with Crippen molar-refractivity contribution in [2.45, 2.75) is 6.92 Å². The monoisotopic (exact) mass is 405 g/mol. The van der Waals surface area contributed by atoms with E-state index in [0.29, 0.717) is 48.6 Å². The first-order valence-corrected chi connectivity index (χ1v) is 9.77. The SMILES string of the molecule is Cc1cc(F)cc(C(=O)N2CCN(C(=O)c3ccc(NS(=O)O)cc3)CC2)c1. The van der Waals surface area contributed by atoms with Gasteiger partial charge in [0.15, 0.2) is 0 Å². The molecule has 9 heteroatoms. The van der Waals surface area contributed by atoms with E-state index in [4.69, 9.17) is 4.55 Å². The lowest BCUT2D eigenvalue weighted by molar-refractivity contribution is 0.0535. The maximum Gasteiger partial charge on any atom is 0.259 e. The molecule has 1 aliphatic rings. The summed E-state index contributed by atoms with van der Waals surface area (Å²) in [5.41, 5.74) is 1.87. The van der Waals surface area contributed by atoms with E-state index in [1.54, 1.807) is 47.1 Å². The first kappa shape index (κ1) is 20.0. The zero-order chi connectivity index (χ0) is 20.3. The normalized spacial score (nSPS) is 15.2. The van der Waals surface area contributed by atoms with E-state index in [1.165, 1.54) is 12.1 Å². The topological polar surface area (TPSA) is 90.0 Å². The van der Waals surface area contributed by atoms with Crippen LogP contribution in [0.4, 0.5) is 10.1 Å². The summed E-state index contributed by atoms with van der Waals surface area (Å²) in [6.45, 7) is 3.21. The van der Waals surface area contributed by atoms with Crippen molar-refractivity contribution < 1.29 is 22.7 Å². The number of aryl methyl sites for hydroxylation is 1. The molecule has 2 amide bonds. The van der Waals surface area contributed by atoms with Crippen molar-refractivity contribution in [2.75, 3.05) is 30.9 Å². The highest BCUT2D eigenvalue weighted by Crippen LogP contribution is 2.16. The molecule has 3 rings (SSSR count). The predicted octanol–water partition coefficient (Wildman–Crippen LogP) is 2.28. The maximum atomic E-state index is 13.6. The van der Waals surface area contributed by atoms with E-state index < -0.39 is 17.1 Å². The van der Waals surface area contributed by atoms with Gasteiger partial charge in [0.05, 0.1) is 0 Å². The molecule has 1 fully saturated rings. The predicted molar refractivity (Wildman–Crippen MR) is 104 cm³/mol. The summed E-state index contributed by atoms with van der Waals surface area (Å²) >= 11 is -2.17. The third kappa shape index (κ3) is 4.73. The smallest absolute Gasteiger partial charge is 0.259 e. The molecule has 2 aromatic rings. The fourth-order valence-corrected chi connectivity index (χ4v) is 3.46. The number of nitrogens with zero attached hydrogens (tertiary/aromatic N) is 2. The minimum atomic E-state index is -2.17. The van der Waals surface area contributed by atoms with Gasteiger partial charge in [-0.05, 0) is 55.0 Å². The molecule has 7 nitrogen and oxygen atoms in total. The summed E-state index contributed by atoms with van der Waals surface area (Å²) in [5, 5.41) is 0. The van der Waals surface area contributed by atoms with E-state index in [0.717, 1.165) is 0 Å². The van der Waals surface area contributed by atoms with Crippen LogP contribution < -0.4 is 4.72 Å². The summed E-state index contributed by atoms with van der Waals surface area (Å²) in [7, 11) is 0. The Bertz CT molecular complexity index is 892. The van der Waals surface area contributed by atoms with Crippen LogP contribution >= 0.6 is 0 Å². The molecule has 1 unspecified atom stereocenters. The van der Waals surface area contributed by atoms with Crippen LogP contribution in [-0.4, -0.2) is 56.6 Å². The van der Waals surface area contributed by atoms with Crippen LogP contribution in [0.15, 0.2) is 42.5 Å². The molecule has 0 spiro atoms. The van der Waals surface area contributed by atoms with E-state index in [9.17, 15) is 18.2 Å². The molecule has 2 N–H and O–H groups in total. The Morgan fingerprint density at radius 3 is 2.00 bits per heavy atom. The van der Waals surface area contributed by atoms with Gasteiger partial charge >= 0.3 is 0 Å². The highest BCUT2D eigenvalue weighted by Gasteiger charge is 2.25. The zero-order valence-electron chi connectivity index (χ0n) is 15.2. The van der Waals surface area contributed by atoms with Crippen LogP contribution in [0.2, 0.25) is 0 Å². The lowest BCUT2D eigenvalue weighted by atomic mass is 10.1. The van der Waals surface area contributed by atoms with Gasteiger partial charge in [0.2, 0.25) is 0 Å². The summed E-state index contributed by atoms with van der Waals surface area (Å²) in [6.07, 6.45) is 0. The second kappa shape index (κ2) is 8.49. The minimum Gasteiger partial charge on any atom is -0.335 e. The minimum absolute atomic E-state index is 0.176. The number of rotatable bonds is 4. The second-order valence-corrected chi connectivity index (χ2v) is 7.23. The Kier molecular flexibility index (Phi) is 6.05. The van der Waals surface area contributed by atoms with Gasteiger partial charge in [0.1, 0.15) is 5.82 Å². The summed E-state index contributed by atoms with van der Waals surface area (Å²) < 4.78 is 35.4. The fourth-order valence-electron chi connectivity index (χ4n) is 3.12. The van der Waals surface area contributed by atoms with Gasteiger partial charge < -0.3 is 9.80 Å². The number of carbonyl (C=O) groups excluding carboxylic acids is 2.